The molecule has 1 rings (SSSR count). The number of allylic oxidation sites excluding steroid dienone is 15. The van der Waals surface area contributed by atoms with Crippen molar-refractivity contribution in [3.8, 4) is 0 Å². The third kappa shape index (κ3) is 34.4. The van der Waals surface area contributed by atoms with Crippen LogP contribution in [0.15, 0.2) is 97.2 Å². The summed E-state index contributed by atoms with van der Waals surface area (Å²) in [5.41, 5.74) is 0. The molecule has 1 heterocycles. The smallest absolute Gasteiger partial charge is 0.397 e. The average molecular weight is 921 g/mol. The Morgan fingerprint density at radius 3 is 1.58 bits per heavy atom. The molecule has 0 spiro atoms. The molecule has 0 aromatic carbocycles. The lowest BCUT2D eigenvalue weighted by atomic mass is 9.99. The number of carbonyl (C=O) groups excluding carboxylic acids is 1. The molecule has 0 bridgehead atoms. The first-order valence-corrected chi connectivity index (χ1v) is 25.4. The van der Waals surface area contributed by atoms with Gasteiger partial charge in [-0.1, -0.05) is 162 Å². The van der Waals surface area contributed by atoms with Crippen LogP contribution in [0.4, 0.5) is 0 Å². The van der Waals surface area contributed by atoms with Gasteiger partial charge in [0.2, 0.25) is 0 Å². The predicted octanol–water partition coefficient (Wildman–Crippen LogP) is 10.6. The number of rotatable bonds is 40. The Hall–Kier alpha value is -2.98. The molecular weight excluding hydrogens is 837 g/mol. The SMILES string of the molecule is CC/C=C\C/C=C\C/C=C\C/C=C\C/C=C\CCOCC(COC1OC(CO)C(O)C(OS(=O)(=O)O)C1O)OC(=O)CCCCCCCC/C=C\C/C=C\C/C=C\CCCCCCC. The van der Waals surface area contributed by atoms with E-state index in [0.717, 1.165) is 83.5 Å². The number of hydrogen-bond acceptors (Lipinski definition) is 11. The normalized spacial score (nSPS) is 20.6. The van der Waals surface area contributed by atoms with Crippen LogP contribution < -0.4 is 0 Å². The van der Waals surface area contributed by atoms with Gasteiger partial charge in [0.1, 0.15) is 30.5 Å². The summed E-state index contributed by atoms with van der Waals surface area (Å²) in [7, 11) is -5.08. The number of aliphatic hydroxyl groups excluding tert-OH is 3. The maximum Gasteiger partial charge on any atom is 0.397 e. The first kappa shape index (κ1) is 59.0. The fraction of sp³-hybridized carbons (Fsp3) is 0.667. The van der Waals surface area contributed by atoms with Crippen LogP contribution in [-0.4, -0.2) is 97.5 Å². The first-order valence-electron chi connectivity index (χ1n) is 24.0. The highest BCUT2D eigenvalue weighted by Gasteiger charge is 2.48. The van der Waals surface area contributed by atoms with E-state index in [9.17, 15) is 33.1 Å². The molecule has 4 N–H and O–H groups in total. The Balaban J connectivity index is 2.46. The Morgan fingerprint density at radius 1 is 0.609 bits per heavy atom. The van der Waals surface area contributed by atoms with Gasteiger partial charge in [-0.05, 0) is 83.5 Å². The molecule has 0 radical (unpaired) electrons. The predicted molar refractivity (Wildman–Crippen MR) is 257 cm³/mol. The fourth-order valence-electron chi connectivity index (χ4n) is 6.62. The van der Waals surface area contributed by atoms with Crippen LogP contribution in [0.3, 0.4) is 0 Å². The van der Waals surface area contributed by atoms with E-state index in [1.54, 1.807) is 0 Å². The molecule has 13 heteroatoms. The zero-order valence-corrected chi connectivity index (χ0v) is 39.9. The van der Waals surface area contributed by atoms with E-state index in [-0.39, 0.29) is 19.6 Å². The molecule has 0 saturated carbocycles. The van der Waals surface area contributed by atoms with Gasteiger partial charge >= 0.3 is 16.4 Å². The highest BCUT2D eigenvalue weighted by molar-refractivity contribution is 7.80. The van der Waals surface area contributed by atoms with Gasteiger partial charge in [-0.2, -0.15) is 8.42 Å². The van der Waals surface area contributed by atoms with Crippen molar-refractivity contribution in [2.75, 3.05) is 26.4 Å². The van der Waals surface area contributed by atoms with Crippen molar-refractivity contribution in [2.45, 2.75) is 192 Å². The van der Waals surface area contributed by atoms with E-state index >= 15 is 0 Å². The van der Waals surface area contributed by atoms with Crippen molar-refractivity contribution in [1.29, 1.82) is 0 Å². The second-order valence-corrected chi connectivity index (χ2v) is 17.0. The highest BCUT2D eigenvalue weighted by atomic mass is 32.3. The largest absolute Gasteiger partial charge is 0.457 e. The van der Waals surface area contributed by atoms with Crippen LogP contribution in [0.1, 0.15) is 155 Å². The molecule has 1 aliphatic rings. The average Bonchev–Trinajstić information content (AvgIpc) is 3.27. The second-order valence-electron chi connectivity index (χ2n) is 16.0. The van der Waals surface area contributed by atoms with Crippen molar-refractivity contribution in [1.82, 2.24) is 0 Å². The third-order valence-corrected chi connectivity index (χ3v) is 10.7. The van der Waals surface area contributed by atoms with Crippen LogP contribution in [0, 0.1) is 0 Å². The number of esters is 1. The molecule has 366 valence electrons. The summed E-state index contributed by atoms with van der Waals surface area (Å²) < 4.78 is 59.0. The van der Waals surface area contributed by atoms with Gasteiger partial charge in [0.05, 0.1) is 26.4 Å². The highest BCUT2D eigenvalue weighted by Crippen LogP contribution is 2.26. The minimum absolute atomic E-state index is 0.0301. The molecular formula is C51H84O12S. The van der Waals surface area contributed by atoms with E-state index in [1.165, 1.54) is 38.5 Å². The minimum Gasteiger partial charge on any atom is -0.457 e. The summed E-state index contributed by atoms with van der Waals surface area (Å²) in [4.78, 5) is 12.9. The van der Waals surface area contributed by atoms with E-state index in [0.29, 0.717) is 19.4 Å². The lowest BCUT2D eigenvalue weighted by molar-refractivity contribution is -0.301. The molecule has 0 aliphatic carbocycles. The van der Waals surface area contributed by atoms with E-state index in [2.05, 4.69) is 103 Å². The molecule has 0 aromatic rings. The monoisotopic (exact) mass is 921 g/mol. The quantitative estimate of drug-likeness (QED) is 0.0198. The molecule has 12 nitrogen and oxygen atoms in total. The third-order valence-electron chi connectivity index (χ3n) is 10.2. The zero-order chi connectivity index (χ0) is 46.8. The summed E-state index contributed by atoms with van der Waals surface area (Å²) in [5, 5.41) is 30.7. The van der Waals surface area contributed by atoms with Crippen molar-refractivity contribution < 1.29 is 56.2 Å². The molecule has 6 unspecified atom stereocenters. The molecule has 0 amide bonds. The minimum atomic E-state index is -5.08. The van der Waals surface area contributed by atoms with E-state index in [4.69, 9.17) is 18.9 Å². The van der Waals surface area contributed by atoms with Crippen molar-refractivity contribution in [3.05, 3.63) is 97.2 Å². The lowest BCUT2D eigenvalue weighted by Gasteiger charge is -2.41. The molecule has 1 aliphatic heterocycles. The Morgan fingerprint density at radius 2 is 1.08 bits per heavy atom. The number of unbranched alkanes of at least 4 members (excludes halogenated alkanes) is 11. The maximum atomic E-state index is 12.9. The summed E-state index contributed by atoms with van der Waals surface area (Å²) in [5.74, 6) is -0.440. The number of aliphatic hydroxyl groups is 3. The van der Waals surface area contributed by atoms with Crippen LogP contribution in [0.5, 0.6) is 0 Å². The van der Waals surface area contributed by atoms with E-state index < -0.39 is 59.8 Å². The van der Waals surface area contributed by atoms with E-state index in [1.807, 2.05) is 12.2 Å². The van der Waals surface area contributed by atoms with Crippen molar-refractivity contribution >= 4 is 16.4 Å². The van der Waals surface area contributed by atoms with Crippen LogP contribution in [0.2, 0.25) is 0 Å². The zero-order valence-electron chi connectivity index (χ0n) is 39.0. The number of hydrogen-bond donors (Lipinski definition) is 4. The lowest BCUT2D eigenvalue weighted by Crippen LogP contribution is -2.60. The Kier molecular flexibility index (Phi) is 38.2. The Bertz CT molecular complexity index is 1480. The summed E-state index contributed by atoms with van der Waals surface area (Å²) in [6, 6.07) is 0. The number of ether oxygens (including phenoxy) is 4. The van der Waals surface area contributed by atoms with Gasteiger partial charge in [-0.25, -0.2) is 4.18 Å². The first-order chi connectivity index (χ1) is 31.1. The van der Waals surface area contributed by atoms with Crippen molar-refractivity contribution in [3.63, 3.8) is 0 Å². The summed E-state index contributed by atoms with van der Waals surface area (Å²) >= 11 is 0. The number of carbonyl (C=O) groups is 1. The standard InChI is InChI=1S/C51H84O12S/c1-3-5-7-9-11-13-15-17-19-21-22-23-24-25-26-28-30-32-34-36-38-40-47(53)61-45(44-60-51-49(55)50(63-64(56,57)58)48(54)46(42-52)62-51)43-59-41-39-37-35-33-31-29-27-20-18-16-14-12-10-8-6-4-2/h6,8,12,14-15,17-18,20-22,24-25,29,31,35,37,45-46,48-52,54-55H,3-5,7,9-11,13,16,19,23,26-28,30,32-34,36,38-44H2,1-2H3,(H,56,57,58)/b8-6-,14-12-,17-15-,20-18-,22-21-,25-24-,31-29-,37-35-. The topological polar surface area (TPSA) is 178 Å². The second kappa shape index (κ2) is 41.5. The van der Waals surface area contributed by atoms with Gasteiger partial charge < -0.3 is 34.3 Å². The van der Waals surface area contributed by atoms with Crippen LogP contribution in [0.25, 0.3) is 0 Å². The molecule has 1 saturated heterocycles. The summed E-state index contributed by atoms with van der Waals surface area (Å²) in [6.45, 7) is 3.61. The van der Waals surface area contributed by atoms with Gasteiger partial charge in [-0.3, -0.25) is 9.35 Å². The van der Waals surface area contributed by atoms with Crippen molar-refractivity contribution in [2.24, 2.45) is 0 Å². The van der Waals surface area contributed by atoms with Gasteiger partial charge in [0, 0.05) is 6.42 Å². The van der Waals surface area contributed by atoms with Gasteiger partial charge in [0.25, 0.3) is 0 Å². The maximum absolute atomic E-state index is 12.9. The molecule has 0 aromatic heterocycles. The van der Waals surface area contributed by atoms with Gasteiger partial charge in [0.15, 0.2) is 6.29 Å². The fourth-order valence-corrected chi connectivity index (χ4v) is 7.13. The van der Waals surface area contributed by atoms with Crippen LogP contribution >= 0.6 is 0 Å². The molecule has 64 heavy (non-hydrogen) atoms. The van der Waals surface area contributed by atoms with Gasteiger partial charge in [-0.15, -0.1) is 0 Å². The molecule has 1 fully saturated rings. The Labute approximate surface area is 386 Å². The van der Waals surface area contributed by atoms with Crippen LogP contribution in [-0.2, 0) is 38.3 Å². The summed E-state index contributed by atoms with van der Waals surface area (Å²) in [6.07, 6.45) is 47.4. The molecule has 6 atom stereocenters.